The van der Waals surface area contributed by atoms with E-state index < -0.39 is 12.3 Å². The van der Waals surface area contributed by atoms with Gasteiger partial charge >= 0.3 is 5.97 Å². The Bertz CT molecular complexity index is 245. The minimum absolute atomic E-state index is 0.132. The van der Waals surface area contributed by atoms with Crippen LogP contribution in [0.5, 0.6) is 0 Å². The van der Waals surface area contributed by atoms with E-state index in [1.165, 1.54) is 0 Å². The summed E-state index contributed by atoms with van der Waals surface area (Å²) in [6, 6.07) is 0. The molecule has 0 heterocycles. The van der Waals surface area contributed by atoms with Crippen molar-refractivity contribution in [2.75, 3.05) is 6.61 Å². The van der Waals surface area contributed by atoms with Crippen molar-refractivity contribution in [3.63, 3.8) is 0 Å². The zero-order valence-corrected chi connectivity index (χ0v) is 10.6. The summed E-state index contributed by atoms with van der Waals surface area (Å²) in [7, 11) is 0. The molecule has 0 aromatic carbocycles. The van der Waals surface area contributed by atoms with Gasteiger partial charge in [-0.05, 0) is 27.2 Å². The third-order valence-corrected chi connectivity index (χ3v) is 2.25. The summed E-state index contributed by atoms with van der Waals surface area (Å²) >= 11 is 0. The zero-order valence-electron chi connectivity index (χ0n) is 10.6. The molecular formula is C12H22O4. The maximum Gasteiger partial charge on any atom is 0.333 e. The van der Waals surface area contributed by atoms with E-state index in [2.05, 4.69) is 6.58 Å². The first-order valence-corrected chi connectivity index (χ1v) is 5.47. The van der Waals surface area contributed by atoms with Crippen LogP contribution in [0.25, 0.3) is 0 Å². The van der Waals surface area contributed by atoms with Crippen LogP contribution < -0.4 is 0 Å². The monoisotopic (exact) mass is 230 g/mol. The first-order chi connectivity index (χ1) is 7.28. The second kappa shape index (κ2) is 6.66. The number of esters is 1. The van der Waals surface area contributed by atoms with Gasteiger partial charge in [0.25, 0.3) is 0 Å². The third-order valence-electron chi connectivity index (χ3n) is 2.25. The summed E-state index contributed by atoms with van der Waals surface area (Å²) in [6.45, 7) is 10.9. The highest BCUT2D eigenvalue weighted by Crippen LogP contribution is 2.16. The predicted molar refractivity (Wildman–Crippen MR) is 61.9 cm³/mol. The van der Waals surface area contributed by atoms with Crippen molar-refractivity contribution >= 4 is 5.97 Å². The van der Waals surface area contributed by atoms with Gasteiger partial charge in [-0.3, -0.25) is 0 Å². The van der Waals surface area contributed by atoms with E-state index in [1.807, 2.05) is 20.8 Å². The fourth-order valence-electron chi connectivity index (χ4n) is 0.886. The third kappa shape index (κ3) is 6.58. The number of hydrogen-bond donors (Lipinski definition) is 1. The van der Waals surface area contributed by atoms with Crippen molar-refractivity contribution in [3.8, 4) is 0 Å². The normalized spacial score (nSPS) is 13.3. The maximum absolute atomic E-state index is 11.0. The number of rotatable bonds is 7. The van der Waals surface area contributed by atoms with Gasteiger partial charge in [0.15, 0.2) is 6.29 Å². The fourth-order valence-corrected chi connectivity index (χ4v) is 0.886. The van der Waals surface area contributed by atoms with Crippen LogP contribution in [-0.4, -0.2) is 29.6 Å². The van der Waals surface area contributed by atoms with Gasteiger partial charge in [0, 0.05) is 12.0 Å². The van der Waals surface area contributed by atoms with Gasteiger partial charge in [0.2, 0.25) is 0 Å². The molecule has 1 N–H and O–H groups in total. The summed E-state index contributed by atoms with van der Waals surface area (Å²) in [5, 5.41) is 9.53. The van der Waals surface area contributed by atoms with Crippen molar-refractivity contribution in [1.29, 1.82) is 0 Å². The quantitative estimate of drug-likeness (QED) is 0.413. The lowest BCUT2D eigenvalue weighted by molar-refractivity contribution is -0.181. The molecule has 0 aromatic rings. The van der Waals surface area contributed by atoms with Crippen LogP contribution in [0, 0.1) is 0 Å². The Morgan fingerprint density at radius 2 is 2.06 bits per heavy atom. The molecule has 0 aromatic heterocycles. The summed E-state index contributed by atoms with van der Waals surface area (Å²) in [4.78, 5) is 11.0. The van der Waals surface area contributed by atoms with Crippen molar-refractivity contribution in [2.45, 2.75) is 52.4 Å². The molecule has 0 aliphatic rings. The van der Waals surface area contributed by atoms with Crippen LogP contribution >= 0.6 is 0 Å². The minimum Gasteiger partial charge on any atom is -0.462 e. The van der Waals surface area contributed by atoms with Gasteiger partial charge in [-0.1, -0.05) is 13.5 Å². The second-order valence-electron chi connectivity index (χ2n) is 4.39. The lowest BCUT2D eigenvalue weighted by atomic mass is 10.1. The molecule has 0 saturated heterocycles. The second-order valence-corrected chi connectivity index (χ2v) is 4.39. The molecule has 0 saturated carbocycles. The molecule has 0 bridgehead atoms. The first-order valence-electron chi connectivity index (χ1n) is 5.47. The van der Waals surface area contributed by atoms with E-state index in [9.17, 15) is 9.90 Å². The average Bonchev–Trinajstić information content (AvgIpc) is 2.16. The van der Waals surface area contributed by atoms with Crippen molar-refractivity contribution < 1.29 is 19.4 Å². The Balaban J connectivity index is 3.78. The van der Waals surface area contributed by atoms with Gasteiger partial charge in [0.1, 0.15) is 0 Å². The number of aliphatic hydroxyl groups is 1. The van der Waals surface area contributed by atoms with E-state index >= 15 is 0 Å². The number of carbonyl (C=O) groups excluding carboxylic acids is 1. The van der Waals surface area contributed by atoms with Crippen molar-refractivity contribution in [2.24, 2.45) is 0 Å². The van der Waals surface area contributed by atoms with E-state index in [1.54, 1.807) is 6.92 Å². The van der Waals surface area contributed by atoms with Crippen LogP contribution in [-0.2, 0) is 14.3 Å². The Hall–Kier alpha value is -0.870. The largest absolute Gasteiger partial charge is 0.462 e. The molecule has 0 radical (unpaired) electrons. The molecule has 0 aliphatic carbocycles. The molecule has 0 fully saturated rings. The predicted octanol–water partition coefficient (Wildman–Crippen LogP) is 2.02. The number of carbonyl (C=O) groups is 1. The number of ether oxygens (including phenoxy) is 2. The molecule has 0 amide bonds. The molecular weight excluding hydrogens is 208 g/mol. The molecule has 4 nitrogen and oxygen atoms in total. The standard InChI is InChI=1S/C12H22O4/c1-6-12(4,5)16-10(13)7-8-15-11(14)9(2)3/h10,13H,2,6-8H2,1,3-5H3. The van der Waals surface area contributed by atoms with E-state index in [4.69, 9.17) is 9.47 Å². The summed E-state index contributed by atoms with van der Waals surface area (Å²) in [5.41, 5.74) is -0.0121. The van der Waals surface area contributed by atoms with E-state index in [0.717, 1.165) is 6.42 Å². The van der Waals surface area contributed by atoms with E-state index in [-0.39, 0.29) is 18.6 Å². The fraction of sp³-hybridized carbons (Fsp3) is 0.750. The maximum atomic E-state index is 11.0. The summed E-state index contributed by atoms with van der Waals surface area (Å²) in [5.74, 6) is -0.443. The molecule has 0 aliphatic heterocycles. The van der Waals surface area contributed by atoms with Crippen molar-refractivity contribution in [3.05, 3.63) is 12.2 Å². The van der Waals surface area contributed by atoms with Crippen LogP contribution in [0.2, 0.25) is 0 Å². The highest BCUT2D eigenvalue weighted by atomic mass is 16.6. The van der Waals surface area contributed by atoms with Gasteiger partial charge in [-0.25, -0.2) is 4.79 Å². The van der Waals surface area contributed by atoms with Crippen LogP contribution in [0.1, 0.15) is 40.5 Å². The molecule has 0 spiro atoms. The molecule has 94 valence electrons. The minimum atomic E-state index is -0.909. The van der Waals surface area contributed by atoms with Crippen LogP contribution in [0.4, 0.5) is 0 Å². The highest BCUT2D eigenvalue weighted by Gasteiger charge is 2.20. The smallest absolute Gasteiger partial charge is 0.333 e. The van der Waals surface area contributed by atoms with E-state index in [0.29, 0.717) is 5.57 Å². The van der Waals surface area contributed by atoms with Crippen molar-refractivity contribution in [1.82, 2.24) is 0 Å². The number of hydrogen-bond acceptors (Lipinski definition) is 4. The Morgan fingerprint density at radius 1 is 1.50 bits per heavy atom. The molecule has 4 heteroatoms. The molecule has 1 unspecified atom stereocenters. The first kappa shape index (κ1) is 15.1. The molecule has 16 heavy (non-hydrogen) atoms. The number of aliphatic hydroxyl groups excluding tert-OH is 1. The van der Waals surface area contributed by atoms with Gasteiger partial charge in [-0.2, -0.15) is 0 Å². The van der Waals surface area contributed by atoms with Gasteiger partial charge in [-0.15, -0.1) is 0 Å². The van der Waals surface area contributed by atoms with Crippen LogP contribution in [0.15, 0.2) is 12.2 Å². The average molecular weight is 230 g/mol. The van der Waals surface area contributed by atoms with Gasteiger partial charge in [0.05, 0.1) is 12.2 Å². The van der Waals surface area contributed by atoms with Gasteiger partial charge < -0.3 is 14.6 Å². The lowest BCUT2D eigenvalue weighted by Gasteiger charge is -2.26. The van der Waals surface area contributed by atoms with Crippen LogP contribution in [0.3, 0.4) is 0 Å². The Kier molecular flexibility index (Phi) is 6.29. The lowest BCUT2D eigenvalue weighted by Crippen LogP contribution is -2.30. The Morgan fingerprint density at radius 3 is 2.50 bits per heavy atom. The zero-order chi connectivity index (χ0) is 12.8. The summed E-state index contributed by atoms with van der Waals surface area (Å²) in [6.07, 6.45) is 0.158. The molecule has 0 rings (SSSR count). The summed E-state index contributed by atoms with van der Waals surface area (Å²) < 4.78 is 10.2. The SMILES string of the molecule is C=C(C)C(=O)OCCC(O)OC(C)(C)CC. The Labute approximate surface area is 97.2 Å². The topological polar surface area (TPSA) is 55.8 Å². The highest BCUT2D eigenvalue weighted by molar-refractivity contribution is 5.86. The molecule has 1 atom stereocenters.